The third-order valence-corrected chi connectivity index (χ3v) is 2.27. The molecule has 0 bridgehead atoms. The highest BCUT2D eigenvalue weighted by atomic mass is 16.5. The quantitative estimate of drug-likeness (QED) is 0.649. The summed E-state index contributed by atoms with van der Waals surface area (Å²) in [7, 11) is 1.53. The lowest BCUT2D eigenvalue weighted by Crippen LogP contribution is -2.44. The lowest BCUT2D eigenvalue weighted by molar-refractivity contribution is -0.156. The molecule has 1 aromatic rings. The number of carboxylic acid groups (broad SMARTS) is 1. The van der Waals surface area contributed by atoms with Gasteiger partial charge in [-0.05, 0) is 12.5 Å². The van der Waals surface area contributed by atoms with E-state index in [2.05, 4.69) is 10.3 Å². The van der Waals surface area contributed by atoms with Crippen molar-refractivity contribution in [3.8, 4) is 5.88 Å². The molecule has 0 saturated heterocycles. The first kappa shape index (κ1) is 13.4. The van der Waals surface area contributed by atoms with Gasteiger partial charge in [-0.15, -0.1) is 0 Å². The van der Waals surface area contributed by atoms with Crippen LogP contribution in [-0.2, 0) is 11.3 Å². The predicted molar refractivity (Wildman–Crippen MR) is 60.8 cm³/mol. The highest BCUT2D eigenvalue weighted by molar-refractivity contribution is 5.76. The molecule has 6 heteroatoms. The molecule has 1 rings (SSSR count). The molecule has 0 fully saturated rings. The zero-order valence-corrected chi connectivity index (χ0v) is 9.80. The maximum Gasteiger partial charge on any atom is 0.336 e. The van der Waals surface area contributed by atoms with Gasteiger partial charge in [0.05, 0.1) is 7.11 Å². The molecule has 0 aliphatic carbocycles. The molecular formula is C11H16N2O4. The molecule has 0 spiro atoms. The van der Waals surface area contributed by atoms with Gasteiger partial charge in [0, 0.05) is 25.4 Å². The van der Waals surface area contributed by atoms with Gasteiger partial charge in [0.2, 0.25) is 5.88 Å². The van der Waals surface area contributed by atoms with E-state index in [4.69, 9.17) is 9.84 Å². The molecule has 17 heavy (non-hydrogen) atoms. The number of pyridine rings is 1. The number of carboxylic acids is 1. The van der Waals surface area contributed by atoms with Crippen molar-refractivity contribution < 1.29 is 19.7 Å². The maximum atomic E-state index is 10.6. The summed E-state index contributed by atoms with van der Waals surface area (Å²) >= 11 is 0. The Morgan fingerprint density at radius 1 is 1.59 bits per heavy atom. The molecule has 1 heterocycles. The predicted octanol–water partition coefficient (Wildman–Crippen LogP) is 0.0154. The van der Waals surface area contributed by atoms with E-state index in [0.717, 1.165) is 5.56 Å². The maximum absolute atomic E-state index is 10.6. The number of nitrogens with one attached hydrogen (secondary N) is 1. The number of rotatable bonds is 6. The van der Waals surface area contributed by atoms with E-state index in [9.17, 15) is 9.90 Å². The van der Waals surface area contributed by atoms with Crippen LogP contribution in [0.4, 0.5) is 0 Å². The van der Waals surface area contributed by atoms with Crippen LogP contribution in [-0.4, -0.2) is 40.4 Å². The minimum Gasteiger partial charge on any atom is -0.481 e. The number of nitrogens with zero attached hydrogens (tertiary/aromatic N) is 1. The number of methoxy groups -OCH3 is 1. The van der Waals surface area contributed by atoms with E-state index in [0.29, 0.717) is 12.4 Å². The molecule has 1 unspecified atom stereocenters. The van der Waals surface area contributed by atoms with Crippen LogP contribution in [0.1, 0.15) is 12.5 Å². The summed E-state index contributed by atoms with van der Waals surface area (Å²) in [6, 6.07) is 3.53. The molecule has 1 atom stereocenters. The van der Waals surface area contributed by atoms with Gasteiger partial charge in [-0.3, -0.25) is 0 Å². The molecule has 0 saturated carbocycles. The summed E-state index contributed by atoms with van der Waals surface area (Å²) in [6.45, 7) is 1.64. The normalized spacial score (nSPS) is 14.1. The van der Waals surface area contributed by atoms with Crippen LogP contribution in [0.25, 0.3) is 0 Å². The number of hydrogen-bond donors (Lipinski definition) is 3. The van der Waals surface area contributed by atoms with E-state index in [1.807, 2.05) is 6.07 Å². The molecule has 0 aliphatic heterocycles. The summed E-state index contributed by atoms with van der Waals surface area (Å²) in [5.74, 6) is -0.732. The average Bonchev–Trinajstić information content (AvgIpc) is 2.29. The van der Waals surface area contributed by atoms with Gasteiger partial charge < -0.3 is 20.3 Å². The van der Waals surface area contributed by atoms with Gasteiger partial charge in [-0.25, -0.2) is 9.78 Å². The topological polar surface area (TPSA) is 91.7 Å². The van der Waals surface area contributed by atoms with E-state index in [-0.39, 0.29) is 6.54 Å². The largest absolute Gasteiger partial charge is 0.481 e. The van der Waals surface area contributed by atoms with Gasteiger partial charge in [0.15, 0.2) is 5.60 Å². The van der Waals surface area contributed by atoms with Crippen molar-refractivity contribution in [3.05, 3.63) is 23.9 Å². The summed E-state index contributed by atoms with van der Waals surface area (Å²) < 4.78 is 4.91. The van der Waals surface area contributed by atoms with Crippen LogP contribution in [0.5, 0.6) is 5.88 Å². The second-order valence-electron chi connectivity index (χ2n) is 3.89. The lowest BCUT2D eigenvalue weighted by atomic mass is 10.1. The standard InChI is InChI=1S/C11H16N2O4/c1-11(16,10(14)15)7-12-5-8-3-4-9(17-2)13-6-8/h3-4,6,12,16H,5,7H2,1-2H3,(H,14,15). The zero-order chi connectivity index (χ0) is 12.9. The van der Waals surface area contributed by atoms with Gasteiger partial charge >= 0.3 is 5.97 Å². The second kappa shape index (κ2) is 5.60. The fourth-order valence-corrected chi connectivity index (χ4v) is 1.16. The molecule has 1 aromatic heterocycles. The van der Waals surface area contributed by atoms with E-state index in [1.54, 1.807) is 12.3 Å². The summed E-state index contributed by atoms with van der Waals surface area (Å²) in [4.78, 5) is 14.6. The van der Waals surface area contributed by atoms with Crippen LogP contribution in [0, 0.1) is 0 Å². The van der Waals surface area contributed by atoms with Crippen molar-refractivity contribution in [2.45, 2.75) is 19.1 Å². The number of hydrogen-bond acceptors (Lipinski definition) is 5. The van der Waals surface area contributed by atoms with Crippen molar-refractivity contribution in [2.75, 3.05) is 13.7 Å². The van der Waals surface area contributed by atoms with Crippen molar-refractivity contribution in [1.82, 2.24) is 10.3 Å². The highest BCUT2D eigenvalue weighted by Gasteiger charge is 2.28. The molecule has 6 nitrogen and oxygen atoms in total. The SMILES string of the molecule is COc1ccc(CNCC(C)(O)C(=O)O)cn1. The molecule has 0 amide bonds. The number of ether oxygens (including phenoxy) is 1. The smallest absolute Gasteiger partial charge is 0.336 e. The van der Waals surface area contributed by atoms with Gasteiger partial charge in [-0.2, -0.15) is 0 Å². The monoisotopic (exact) mass is 240 g/mol. The van der Waals surface area contributed by atoms with Crippen molar-refractivity contribution in [1.29, 1.82) is 0 Å². The van der Waals surface area contributed by atoms with Crippen molar-refractivity contribution in [2.24, 2.45) is 0 Å². The number of aliphatic carboxylic acids is 1. The Morgan fingerprint density at radius 3 is 2.76 bits per heavy atom. The lowest BCUT2D eigenvalue weighted by Gasteiger charge is -2.18. The van der Waals surface area contributed by atoms with Crippen LogP contribution in [0.3, 0.4) is 0 Å². The Morgan fingerprint density at radius 2 is 2.29 bits per heavy atom. The molecule has 94 valence electrons. The average molecular weight is 240 g/mol. The van der Waals surface area contributed by atoms with Gasteiger partial charge in [0.1, 0.15) is 0 Å². The Balaban J connectivity index is 2.43. The van der Waals surface area contributed by atoms with E-state index < -0.39 is 11.6 Å². The summed E-state index contributed by atoms with van der Waals surface area (Å²) in [5, 5.41) is 21.0. The Bertz CT molecular complexity index is 376. The summed E-state index contributed by atoms with van der Waals surface area (Å²) in [6.07, 6.45) is 1.63. The first-order valence-corrected chi connectivity index (χ1v) is 5.11. The minimum absolute atomic E-state index is 0.0334. The fourth-order valence-electron chi connectivity index (χ4n) is 1.16. The van der Waals surface area contributed by atoms with Crippen molar-refractivity contribution >= 4 is 5.97 Å². The first-order valence-electron chi connectivity index (χ1n) is 5.11. The molecule has 0 aromatic carbocycles. The van der Waals surface area contributed by atoms with Gasteiger partial charge in [0.25, 0.3) is 0 Å². The Kier molecular flexibility index (Phi) is 4.42. The summed E-state index contributed by atoms with van der Waals surface area (Å²) in [5.41, 5.74) is -0.883. The molecule has 0 aliphatic rings. The second-order valence-corrected chi connectivity index (χ2v) is 3.89. The van der Waals surface area contributed by atoms with Crippen LogP contribution >= 0.6 is 0 Å². The highest BCUT2D eigenvalue weighted by Crippen LogP contribution is 2.07. The van der Waals surface area contributed by atoms with Crippen LogP contribution in [0.2, 0.25) is 0 Å². The Hall–Kier alpha value is -1.66. The van der Waals surface area contributed by atoms with E-state index >= 15 is 0 Å². The Labute approximate surface area is 99.3 Å². The zero-order valence-electron chi connectivity index (χ0n) is 9.80. The number of carbonyl (C=O) groups is 1. The van der Waals surface area contributed by atoms with Gasteiger partial charge in [-0.1, -0.05) is 6.07 Å². The van der Waals surface area contributed by atoms with Crippen LogP contribution < -0.4 is 10.1 Å². The fraction of sp³-hybridized carbons (Fsp3) is 0.455. The van der Waals surface area contributed by atoms with Crippen LogP contribution in [0.15, 0.2) is 18.3 Å². The van der Waals surface area contributed by atoms with Crippen molar-refractivity contribution in [3.63, 3.8) is 0 Å². The molecule has 3 N–H and O–H groups in total. The third-order valence-electron chi connectivity index (χ3n) is 2.27. The number of aliphatic hydroxyl groups is 1. The number of aromatic nitrogens is 1. The minimum atomic E-state index is -1.76. The third kappa shape index (κ3) is 4.01. The van der Waals surface area contributed by atoms with E-state index in [1.165, 1.54) is 14.0 Å². The molecular weight excluding hydrogens is 224 g/mol. The molecule has 0 radical (unpaired) electrons. The first-order chi connectivity index (χ1) is 7.95.